The first-order valence-electron chi connectivity index (χ1n) is 11.0. The Bertz CT molecular complexity index is 1480. The Morgan fingerprint density at radius 3 is 2.05 bits per heavy atom. The van der Waals surface area contributed by atoms with Crippen LogP contribution in [0.3, 0.4) is 0 Å². The van der Waals surface area contributed by atoms with Crippen molar-refractivity contribution in [1.29, 1.82) is 0 Å². The zero-order valence-corrected chi connectivity index (χ0v) is 20.7. The van der Waals surface area contributed by atoms with Crippen LogP contribution in [0.5, 0.6) is 0 Å². The molecule has 0 unspecified atom stereocenters. The van der Waals surface area contributed by atoms with Gasteiger partial charge in [-0.05, 0) is 37.5 Å². The molecule has 18 heteroatoms. The first-order chi connectivity index (χ1) is 18.2. The molecule has 6 nitrogen and oxygen atoms in total. The fraction of sp³-hybridized carbons (Fsp3) is 0.409. The lowest BCUT2D eigenvalue weighted by Gasteiger charge is -2.20. The Labute approximate surface area is 221 Å². The van der Waals surface area contributed by atoms with E-state index in [2.05, 4.69) is 15.5 Å². The molecule has 0 atom stereocenters. The molecule has 0 aliphatic heterocycles. The minimum absolute atomic E-state index is 0.0670. The third-order valence-corrected chi connectivity index (χ3v) is 6.28. The van der Waals surface area contributed by atoms with Crippen molar-refractivity contribution >= 4 is 17.5 Å². The Morgan fingerprint density at radius 2 is 1.55 bits per heavy atom. The number of halogens is 12. The van der Waals surface area contributed by atoms with E-state index in [1.165, 1.54) is 0 Å². The molecule has 3 aromatic rings. The van der Waals surface area contributed by atoms with E-state index in [0.29, 0.717) is 19.9 Å². The van der Waals surface area contributed by atoms with Gasteiger partial charge in [-0.3, -0.25) is 4.79 Å². The van der Waals surface area contributed by atoms with Gasteiger partial charge in [0.1, 0.15) is 5.56 Å². The summed E-state index contributed by atoms with van der Waals surface area (Å²) in [6.07, 6.45) is -16.5. The minimum Gasteiger partial charge on any atom is -0.349 e. The van der Waals surface area contributed by atoms with Gasteiger partial charge in [-0.25, -0.2) is 9.36 Å². The van der Waals surface area contributed by atoms with Crippen LogP contribution in [0, 0.1) is 6.92 Å². The molecular weight excluding hydrogens is 595 g/mol. The van der Waals surface area contributed by atoms with Gasteiger partial charge in [0.2, 0.25) is 0 Å². The number of nitrogens with zero attached hydrogens (tertiary/aromatic N) is 4. The molecule has 218 valence electrons. The highest BCUT2D eigenvalue weighted by molar-refractivity contribution is 6.34. The third kappa shape index (κ3) is 5.10. The topological polar surface area (TPSA) is 64.7 Å². The lowest BCUT2D eigenvalue weighted by atomic mass is 10.00. The Balaban J connectivity index is 2.00. The summed E-state index contributed by atoms with van der Waals surface area (Å²) in [7, 11) is 0.539. The van der Waals surface area contributed by atoms with Gasteiger partial charge in [-0.15, -0.1) is 0 Å². The standard InChI is InChI=1S/C22H15ClF11N5O/c1-8-13(9-3-6-12(23)11(7-9)17(40)35-10-4-5-10)15(21(29,30)31)37-39(8)18-14(20(26,27)28)16(36-38(18)2)19(24,25)22(32,33)34/h3,6-7,10H,4-5H2,1-2H3,(H,35,40). The molecule has 1 amide bonds. The van der Waals surface area contributed by atoms with Gasteiger partial charge in [0, 0.05) is 18.7 Å². The molecule has 2 aromatic heterocycles. The summed E-state index contributed by atoms with van der Waals surface area (Å²) in [6.45, 7) is 0.838. The number of hydrogen-bond acceptors (Lipinski definition) is 3. The molecule has 4 rings (SSSR count). The molecule has 0 saturated heterocycles. The van der Waals surface area contributed by atoms with Gasteiger partial charge in [0.05, 0.1) is 16.3 Å². The number of carbonyl (C=O) groups excluding carboxylic acids is 1. The summed E-state index contributed by atoms with van der Waals surface area (Å²) in [4.78, 5) is 12.5. The predicted octanol–water partition coefficient (Wildman–Crippen LogP) is 6.82. The van der Waals surface area contributed by atoms with Crippen molar-refractivity contribution in [2.45, 2.75) is 50.3 Å². The summed E-state index contributed by atoms with van der Waals surface area (Å²) in [6, 6.07) is 2.83. The molecule has 1 aliphatic rings. The van der Waals surface area contributed by atoms with Crippen molar-refractivity contribution in [3.63, 3.8) is 0 Å². The molecule has 2 heterocycles. The van der Waals surface area contributed by atoms with Crippen molar-refractivity contribution < 1.29 is 53.1 Å². The maximum atomic E-state index is 14.1. The zero-order valence-electron chi connectivity index (χ0n) is 20.0. The lowest BCUT2D eigenvalue weighted by Crippen LogP contribution is -2.36. The van der Waals surface area contributed by atoms with Gasteiger partial charge in [-0.1, -0.05) is 17.7 Å². The number of rotatable bonds is 5. The second-order valence-electron chi connectivity index (χ2n) is 8.90. The van der Waals surface area contributed by atoms with Crippen LogP contribution in [0.15, 0.2) is 18.2 Å². The van der Waals surface area contributed by atoms with E-state index in [1.54, 1.807) is 0 Å². The molecule has 1 fully saturated rings. The Morgan fingerprint density at radius 1 is 0.950 bits per heavy atom. The summed E-state index contributed by atoms with van der Waals surface area (Å²) in [5, 5.41) is 8.26. The molecule has 0 bridgehead atoms. The van der Waals surface area contributed by atoms with E-state index in [4.69, 9.17) is 11.6 Å². The van der Waals surface area contributed by atoms with Crippen LogP contribution in [0.25, 0.3) is 16.9 Å². The number of aromatic nitrogens is 4. The molecule has 0 spiro atoms. The molecule has 1 saturated carbocycles. The SMILES string of the molecule is Cc1c(-c2ccc(Cl)c(C(=O)NC3CC3)c2)c(C(F)(F)F)nn1-c1c(C(F)(F)F)c(C(F)(F)C(F)(F)F)nn1C. The molecule has 1 aromatic carbocycles. The smallest absolute Gasteiger partial charge is 0.349 e. The largest absolute Gasteiger partial charge is 0.459 e. The van der Waals surface area contributed by atoms with Crippen LogP contribution in [0.4, 0.5) is 48.3 Å². The van der Waals surface area contributed by atoms with Crippen molar-refractivity contribution in [3.8, 4) is 16.9 Å². The molecule has 1 N–H and O–H groups in total. The van der Waals surface area contributed by atoms with Gasteiger partial charge in [0.15, 0.2) is 17.2 Å². The van der Waals surface area contributed by atoms with E-state index in [-0.39, 0.29) is 26.0 Å². The second kappa shape index (κ2) is 9.34. The van der Waals surface area contributed by atoms with E-state index >= 15 is 0 Å². The van der Waals surface area contributed by atoms with Crippen molar-refractivity contribution in [3.05, 3.63) is 51.4 Å². The lowest BCUT2D eigenvalue weighted by molar-refractivity contribution is -0.292. The van der Waals surface area contributed by atoms with Crippen LogP contribution in [-0.2, 0) is 25.3 Å². The van der Waals surface area contributed by atoms with Gasteiger partial charge in [-0.2, -0.15) is 58.5 Å². The number of hydrogen-bond donors (Lipinski definition) is 1. The minimum atomic E-state index is -6.51. The predicted molar refractivity (Wildman–Crippen MR) is 116 cm³/mol. The summed E-state index contributed by atoms with van der Waals surface area (Å²) < 4.78 is 151. The van der Waals surface area contributed by atoms with Crippen LogP contribution >= 0.6 is 11.6 Å². The van der Waals surface area contributed by atoms with E-state index in [0.717, 1.165) is 25.1 Å². The fourth-order valence-corrected chi connectivity index (χ4v) is 4.17. The summed E-state index contributed by atoms with van der Waals surface area (Å²) in [5.74, 6) is -8.48. The number of amides is 1. The quantitative estimate of drug-likeness (QED) is 0.323. The Kier molecular flexibility index (Phi) is 6.92. The summed E-state index contributed by atoms with van der Waals surface area (Å²) in [5.41, 5.74) is -9.47. The molecule has 1 aliphatic carbocycles. The second-order valence-corrected chi connectivity index (χ2v) is 9.31. The van der Waals surface area contributed by atoms with E-state index in [1.807, 2.05) is 0 Å². The molecule has 40 heavy (non-hydrogen) atoms. The number of benzene rings is 1. The number of aryl methyl sites for hydroxylation is 1. The molecular formula is C22H15ClF11N5O. The molecule has 0 radical (unpaired) electrons. The van der Waals surface area contributed by atoms with Crippen LogP contribution < -0.4 is 5.32 Å². The fourth-order valence-electron chi connectivity index (χ4n) is 3.97. The van der Waals surface area contributed by atoms with E-state index < -0.39 is 69.9 Å². The highest BCUT2D eigenvalue weighted by atomic mass is 35.5. The first kappa shape index (κ1) is 29.6. The van der Waals surface area contributed by atoms with Gasteiger partial charge < -0.3 is 5.32 Å². The highest BCUT2D eigenvalue weighted by Gasteiger charge is 2.64. The maximum absolute atomic E-state index is 14.1. The maximum Gasteiger partial charge on any atom is 0.459 e. The van der Waals surface area contributed by atoms with Crippen molar-refractivity contribution in [2.75, 3.05) is 0 Å². The highest BCUT2D eigenvalue weighted by Crippen LogP contribution is 2.50. The average molecular weight is 610 g/mol. The normalized spacial score (nSPS) is 15.1. The average Bonchev–Trinajstić information content (AvgIpc) is 3.43. The number of alkyl halides is 11. The van der Waals surface area contributed by atoms with Gasteiger partial charge >= 0.3 is 24.5 Å². The van der Waals surface area contributed by atoms with Crippen molar-refractivity contribution in [2.24, 2.45) is 7.05 Å². The van der Waals surface area contributed by atoms with E-state index in [9.17, 15) is 53.1 Å². The zero-order chi connectivity index (χ0) is 30.2. The Hall–Kier alpha value is -3.37. The van der Waals surface area contributed by atoms with Crippen molar-refractivity contribution in [1.82, 2.24) is 24.9 Å². The first-order valence-corrected chi connectivity index (χ1v) is 11.4. The van der Waals surface area contributed by atoms with Crippen LogP contribution in [0.1, 0.15) is 45.8 Å². The van der Waals surface area contributed by atoms with Crippen LogP contribution in [0.2, 0.25) is 5.02 Å². The van der Waals surface area contributed by atoms with Crippen LogP contribution in [-0.4, -0.2) is 37.7 Å². The van der Waals surface area contributed by atoms with Gasteiger partial charge in [0.25, 0.3) is 5.91 Å². The summed E-state index contributed by atoms with van der Waals surface area (Å²) >= 11 is 6.02. The monoisotopic (exact) mass is 609 g/mol. The number of nitrogens with one attached hydrogen (secondary N) is 1. The third-order valence-electron chi connectivity index (χ3n) is 5.95. The number of carbonyl (C=O) groups is 1.